The molecule has 0 rings (SSSR count). The molecule has 1 amide bonds. The minimum absolute atomic E-state index is 0.112. The molecule has 0 saturated carbocycles. The third-order valence-electron chi connectivity index (χ3n) is 3.00. The second-order valence-electron chi connectivity index (χ2n) is 4.82. The Labute approximate surface area is 129 Å². The molecule has 0 fully saturated rings. The first kappa shape index (κ1) is 20.5. The van der Waals surface area contributed by atoms with Crippen LogP contribution in [0.15, 0.2) is 0 Å². The number of amides is 1. The molecule has 0 aromatic heterocycles. The van der Waals surface area contributed by atoms with Crippen LogP contribution in [0, 0.1) is 0 Å². The van der Waals surface area contributed by atoms with Crippen molar-refractivity contribution in [3.63, 3.8) is 0 Å². The van der Waals surface area contributed by atoms with Crippen LogP contribution in [0.3, 0.4) is 0 Å². The summed E-state index contributed by atoms with van der Waals surface area (Å²) in [5, 5.41) is 12.2. The van der Waals surface area contributed by atoms with E-state index in [4.69, 9.17) is 13.3 Å². The van der Waals surface area contributed by atoms with Crippen LogP contribution in [-0.2, 0) is 18.1 Å². The SMILES string of the molecule is CCO[Si](OCC)(OCC)C(CC)NC(=O)CCC(C)O. The van der Waals surface area contributed by atoms with Gasteiger partial charge in [0.05, 0.1) is 11.8 Å². The molecule has 7 heteroatoms. The summed E-state index contributed by atoms with van der Waals surface area (Å²) < 4.78 is 17.5. The molecule has 0 aliphatic heterocycles. The van der Waals surface area contributed by atoms with Crippen LogP contribution < -0.4 is 5.32 Å². The fraction of sp³-hybridized carbons (Fsp3) is 0.929. The number of carbonyl (C=O) groups excluding carboxylic acids is 1. The fourth-order valence-electron chi connectivity index (χ4n) is 2.08. The Kier molecular flexibility index (Phi) is 10.9. The lowest BCUT2D eigenvalue weighted by atomic mass is 10.2. The molecular weight excluding hydrogens is 290 g/mol. The number of rotatable bonds is 12. The van der Waals surface area contributed by atoms with Gasteiger partial charge in [-0.2, -0.15) is 0 Å². The Bertz CT molecular complexity index is 272. The van der Waals surface area contributed by atoms with Gasteiger partial charge in [-0.3, -0.25) is 4.79 Å². The Hall–Kier alpha value is -0.473. The van der Waals surface area contributed by atoms with Crippen molar-refractivity contribution in [1.29, 1.82) is 0 Å². The number of nitrogens with one attached hydrogen (secondary N) is 1. The molecular formula is C14H31NO5Si. The molecule has 0 aliphatic rings. The third-order valence-corrected chi connectivity index (χ3v) is 6.48. The van der Waals surface area contributed by atoms with Gasteiger partial charge in [0.2, 0.25) is 5.91 Å². The van der Waals surface area contributed by atoms with Gasteiger partial charge >= 0.3 is 8.80 Å². The van der Waals surface area contributed by atoms with Crippen LogP contribution in [0.2, 0.25) is 0 Å². The largest absolute Gasteiger partial charge is 0.524 e. The summed E-state index contributed by atoms with van der Waals surface area (Å²) in [4.78, 5) is 12.0. The highest BCUT2D eigenvalue weighted by Gasteiger charge is 2.49. The van der Waals surface area contributed by atoms with E-state index in [9.17, 15) is 9.90 Å². The van der Waals surface area contributed by atoms with Gasteiger partial charge in [0.1, 0.15) is 0 Å². The Morgan fingerprint density at radius 1 is 1.10 bits per heavy atom. The molecule has 2 unspecified atom stereocenters. The zero-order chi connectivity index (χ0) is 16.3. The maximum atomic E-state index is 12.0. The maximum Gasteiger partial charge on any atom is 0.524 e. The average molecular weight is 321 g/mol. The summed E-state index contributed by atoms with van der Waals surface area (Å²) >= 11 is 0. The second kappa shape index (κ2) is 11.1. The van der Waals surface area contributed by atoms with Crippen molar-refractivity contribution >= 4 is 14.7 Å². The predicted molar refractivity (Wildman–Crippen MR) is 83.8 cm³/mol. The fourth-order valence-corrected chi connectivity index (χ4v) is 4.98. The van der Waals surface area contributed by atoms with Crippen molar-refractivity contribution in [2.75, 3.05) is 19.8 Å². The first-order valence-electron chi connectivity index (χ1n) is 7.84. The highest BCUT2D eigenvalue weighted by molar-refractivity contribution is 6.62. The molecule has 0 bridgehead atoms. The lowest BCUT2D eigenvalue weighted by molar-refractivity contribution is -0.122. The molecule has 0 heterocycles. The Morgan fingerprint density at radius 3 is 1.90 bits per heavy atom. The normalized spacial score (nSPS) is 14.8. The van der Waals surface area contributed by atoms with E-state index in [2.05, 4.69) is 5.32 Å². The lowest BCUT2D eigenvalue weighted by Crippen LogP contribution is -2.62. The van der Waals surface area contributed by atoms with E-state index in [0.717, 1.165) is 0 Å². The molecule has 6 nitrogen and oxygen atoms in total. The zero-order valence-electron chi connectivity index (χ0n) is 14.0. The summed E-state index contributed by atoms with van der Waals surface area (Å²) in [6.07, 6.45) is 0.910. The first-order valence-corrected chi connectivity index (χ1v) is 9.65. The van der Waals surface area contributed by atoms with E-state index in [1.807, 2.05) is 27.7 Å². The lowest BCUT2D eigenvalue weighted by Gasteiger charge is -2.35. The van der Waals surface area contributed by atoms with Crippen LogP contribution >= 0.6 is 0 Å². The maximum absolute atomic E-state index is 12.0. The average Bonchev–Trinajstić information content (AvgIpc) is 2.43. The highest BCUT2D eigenvalue weighted by atomic mass is 28.4. The van der Waals surface area contributed by atoms with Crippen LogP contribution in [0.1, 0.15) is 53.9 Å². The van der Waals surface area contributed by atoms with E-state index < -0.39 is 14.9 Å². The van der Waals surface area contributed by atoms with Crippen molar-refractivity contribution in [2.24, 2.45) is 0 Å². The van der Waals surface area contributed by atoms with Gasteiger partial charge < -0.3 is 23.7 Å². The molecule has 0 aromatic carbocycles. The summed E-state index contributed by atoms with van der Waals surface area (Å²) in [6, 6.07) is 0. The monoisotopic (exact) mass is 321 g/mol. The van der Waals surface area contributed by atoms with Gasteiger partial charge in [-0.05, 0) is 40.5 Å². The van der Waals surface area contributed by atoms with E-state index in [0.29, 0.717) is 32.7 Å². The van der Waals surface area contributed by atoms with E-state index in [1.54, 1.807) is 6.92 Å². The van der Waals surface area contributed by atoms with E-state index >= 15 is 0 Å². The van der Waals surface area contributed by atoms with Gasteiger partial charge in [-0.15, -0.1) is 0 Å². The van der Waals surface area contributed by atoms with Crippen LogP contribution in [0.4, 0.5) is 0 Å². The Morgan fingerprint density at radius 2 is 1.57 bits per heavy atom. The smallest absolute Gasteiger partial charge is 0.393 e. The highest BCUT2D eigenvalue weighted by Crippen LogP contribution is 2.18. The van der Waals surface area contributed by atoms with Crippen molar-refractivity contribution in [3.05, 3.63) is 0 Å². The van der Waals surface area contributed by atoms with Gasteiger partial charge in [0.15, 0.2) is 0 Å². The first-order chi connectivity index (χ1) is 9.95. The molecule has 126 valence electrons. The van der Waals surface area contributed by atoms with Gasteiger partial charge in [-0.1, -0.05) is 6.92 Å². The molecule has 0 spiro atoms. The molecule has 0 radical (unpaired) electrons. The minimum Gasteiger partial charge on any atom is -0.393 e. The topological polar surface area (TPSA) is 77.0 Å². The summed E-state index contributed by atoms with van der Waals surface area (Å²) in [5.74, 6) is -0.112. The van der Waals surface area contributed by atoms with Gasteiger partial charge in [0, 0.05) is 26.2 Å². The summed E-state index contributed by atoms with van der Waals surface area (Å²) in [7, 11) is -2.94. The molecule has 0 aliphatic carbocycles. The van der Waals surface area contributed by atoms with Crippen LogP contribution in [0.25, 0.3) is 0 Å². The zero-order valence-corrected chi connectivity index (χ0v) is 15.0. The molecule has 0 saturated heterocycles. The standard InChI is InChI=1S/C14H31NO5Si/c1-6-14(15-13(17)11-10-12(5)16)21(18-7-2,19-8-3)20-9-4/h12,14,16H,6-11H2,1-5H3,(H,15,17). The predicted octanol–water partition coefficient (Wildman–Crippen LogP) is 1.63. The summed E-state index contributed by atoms with van der Waals surface area (Å²) in [5.41, 5.74) is -0.265. The number of carbonyl (C=O) groups is 1. The molecule has 21 heavy (non-hydrogen) atoms. The van der Waals surface area contributed by atoms with Crippen molar-refractivity contribution in [2.45, 2.75) is 65.7 Å². The number of aliphatic hydroxyl groups is 1. The van der Waals surface area contributed by atoms with E-state index in [1.165, 1.54) is 0 Å². The molecule has 2 N–H and O–H groups in total. The molecule has 0 aromatic rings. The van der Waals surface area contributed by atoms with Crippen molar-refractivity contribution in [3.8, 4) is 0 Å². The minimum atomic E-state index is -2.94. The van der Waals surface area contributed by atoms with Crippen molar-refractivity contribution < 1.29 is 23.2 Å². The quantitative estimate of drug-likeness (QED) is 0.534. The Balaban J connectivity index is 4.89. The second-order valence-corrected chi connectivity index (χ2v) is 7.59. The third kappa shape index (κ3) is 7.37. The van der Waals surface area contributed by atoms with Crippen molar-refractivity contribution in [1.82, 2.24) is 5.32 Å². The van der Waals surface area contributed by atoms with E-state index in [-0.39, 0.29) is 18.0 Å². The number of aliphatic hydroxyl groups excluding tert-OH is 1. The van der Waals surface area contributed by atoms with Gasteiger partial charge in [-0.25, -0.2) is 0 Å². The van der Waals surface area contributed by atoms with Crippen LogP contribution in [0.5, 0.6) is 0 Å². The van der Waals surface area contributed by atoms with Gasteiger partial charge in [0.25, 0.3) is 0 Å². The summed E-state index contributed by atoms with van der Waals surface area (Å²) in [6.45, 7) is 10.7. The number of hydrogen-bond acceptors (Lipinski definition) is 5. The molecule has 2 atom stereocenters. The van der Waals surface area contributed by atoms with Crippen LogP contribution in [-0.4, -0.2) is 51.4 Å². The number of hydrogen-bond donors (Lipinski definition) is 2.